The number of ether oxygens (including phenoxy) is 3. The van der Waals surface area contributed by atoms with Gasteiger partial charge >= 0.3 is 12.0 Å². The van der Waals surface area contributed by atoms with E-state index in [9.17, 15) is 14.4 Å². The molecule has 0 saturated carbocycles. The van der Waals surface area contributed by atoms with Crippen LogP contribution in [0.2, 0.25) is 0 Å². The molecule has 10 nitrogen and oxygen atoms in total. The van der Waals surface area contributed by atoms with Gasteiger partial charge in [0.1, 0.15) is 5.75 Å². The number of esters is 1. The molecule has 5 rings (SSSR count). The molecule has 0 radical (unpaired) electrons. The van der Waals surface area contributed by atoms with Gasteiger partial charge in [0.15, 0.2) is 0 Å². The third-order valence-corrected chi connectivity index (χ3v) is 9.14. The molecule has 248 valence electrons. The Morgan fingerprint density at radius 2 is 1.85 bits per heavy atom. The Bertz CT molecular complexity index is 1680. The van der Waals surface area contributed by atoms with Crippen LogP contribution in [0.4, 0.5) is 4.79 Å². The van der Waals surface area contributed by atoms with Gasteiger partial charge in [-0.1, -0.05) is 61.9 Å². The summed E-state index contributed by atoms with van der Waals surface area (Å²) in [7, 11) is 4.54. The molecule has 3 atom stereocenters. The van der Waals surface area contributed by atoms with Gasteiger partial charge in [0.05, 0.1) is 51.3 Å². The van der Waals surface area contributed by atoms with Crippen LogP contribution >= 0.6 is 0 Å². The van der Waals surface area contributed by atoms with Crippen LogP contribution in [0.3, 0.4) is 0 Å². The second kappa shape index (κ2) is 15.6. The quantitative estimate of drug-likeness (QED) is 0.223. The van der Waals surface area contributed by atoms with Crippen molar-refractivity contribution in [2.75, 3.05) is 41.0 Å². The van der Waals surface area contributed by atoms with Crippen molar-refractivity contribution in [3.8, 4) is 5.75 Å². The number of aromatic nitrogens is 1. The molecule has 0 spiro atoms. The lowest BCUT2D eigenvalue weighted by atomic mass is 9.74. The van der Waals surface area contributed by atoms with Gasteiger partial charge in [0, 0.05) is 29.9 Å². The number of allylic oxidation sites excluding steroid dienone is 9. The molecular formula is C37H44N4O6. The Hall–Kier alpha value is -4.83. The molecule has 1 aromatic carbocycles. The van der Waals surface area contributed by atoms with Crippen LogP contribution in [0.1, 0.15) is 43.5 Å². The van der Waals surface area contributed by atoms with E-state index in [4.69, 9.17) is 14.2 Å². The second-order valence-corrected chi connectivity index (χ2v) is 11.8. The van der Waals surface area contributed by atoms with Crippen LogP contribution in [0.5, 0.6) is 5.75 Å². The molecule has 2 amide bonds. The summed E-state index contributed by atoms with van der Waals surface area (Å²) in [5.74, 6) is 0.00168. The predicted octanol–water partition coefficient (Wildman–Crippen LogP) is 5.48. The minimum absolute atomic E-state index is 0.135. The number of nitrogens with one attached hydrogen (secondary N) is 2. The highest BCUT2D eigenvalue weighted by Gasteiger charge is 2.44. The van der Waals surface area contributed by atoms with Gasteiger partial charge < -0.3 is 24.8 Å². The van der Waals surface area contributed by atoms with Crippen molar-refractivity contribution in [1.29, 1.82) is 0 Å². The lowest BCUT2D eigenvalue weighted by Crippen LogP contribution is -2.48. The summed E-state index contributed by atoms with van der Waals surface area (Å²) in [6, 6.07) is 5.12. The Kier molecular flexibility index (Phi) is 11.2. The summed E-state index contributed by atoms with van der Waals surface area (Å²) >= 11 is 0. The number of fused-ring (bicyclic) bond motifs is 5. The maximum absolute atomic E-state index is 14.1. The average Bonchev–Trinajstić information content (AvgIpc) is 3.41. The molecule has 2 aliphatic heterocycles. The third kappa shape index (κ3) is 7.28. The first kappa shape index (κ1) is 33.5. The first-order valence-corrected chi connectivity index (χ1v) is 16.1. The number of carbonyl (C=O) groups is 3. The molecule has 1 unspecified atom stereocenters. The fourth-order valence-electron chi connectivity index (χ4n) is 7.01. The molecule has 47 heavy (non-hydrogen) atoms. The number of hydrogen-bond donors (Lipinski definition) is 2. The first-order chi connectivity index (χ1) is 22.9. The van der Waals surface area contributed by atoms with Gasteiger partial charge in [-0.05, 0) is 60.9 Å². The highest BCUT2D eigenvalue weighted by Crippen LogP contribution is 2.48. The molecule has 1 saturated heterocycles. The summed E-state index contributed by atoms with van der Waals surface area (Å²) in [5.41, 5.74) is 3.73. The Morgan fingerprint density at radius 1 is 1.04 bits per heavy atom. The smallest absolute Gasteiger partial charge is 0.337 e. The number of methoxy groups -OCH3 is 3. The van der Waals surface area contributed by atoms with Crippen LogP contribution in [0.25, 0.3) is 10.9 Å². The van der Waals surface area contributed by atoms with E-state index in [2.05, 4.69) is 22.5 Å². The summed E-state index contributed by atoms with van der Waals surface area (Å²) in [6.07, 6.45) is 21.6. The van der Waals surface area contributed by atoms with Crippen molar-refractivity contribution in [1.82, 2.24) is 20.1 Å². The maximum atomic E-state index is 14.1. The van der Waals surface area contributed by atoms with Crippen molar-refractivity contribution < 1.29 is 28.6 Å². The van der Waals surface area contributed by atoms with E-state index in [1.165, 1.54) is 20.5 Å². The van der Waals surface area contributed by atoms with E-state index in [1.807, 2.05) is 72.9 Å². The molecule has 2 N–H and O–H groups in total. The predicted molar refractivity (Wildman–Crippen MR) is 182 cm³/mol. The summed E-state index contributed by atoms with van der Waals surface area (Å²) in [5, 5.41) is 6.66. The van der Waals surface area contributed by atoms with E-state index >= 15 is 0 Å². The van der Waals surface area contributed by atoms with Crippen molar-refractivity contribution in [2.45, 2.75) is 38.6 Å². The number of amides is 2. The van der Waals surface area contributed by atoms with E-state index in [0.29, 0.717) is 29.0 Å². The lowest BCUT2D eigenvalue weighted by Gasteiger charge is -2.47. The zero-order valence-corrected chi connectivity index (χ0v) is 27.5. The van der Waals surface area contributed by atoms with E-state index < -0.39 is 12.0 Å². The zero-order valence-electron chi connectivity index (χ0n) is 27.5. The average molecular weight is 641 g/mol. The van der Waals surface area contributed by atoms with Crippen LogP contribution in [-0.2, 0) is 25.5 Å². The highest BCUT2D eigenvalue weighted by molar-refractivity contribution is 6.00. The number of hydrogen-bond acceptors (Lipinski definition) is 7. The highest BCUT2D eigenvalue weighted by atomic mass is 16.5. The van der Waals surface area contributed by atoms with Gasteiger partial charge in [0.25, 0.3) is 0 Å². The van der Waals surface area contributed by atoms with Gasteiger partial charge in [-0.3, -0.25) is 14.3 Å². The van der Waals surface area contributed by atoms with E-state index in [-0.39, 0.29) is 30.3 Å². The van der Waals surface area contributed by atoms with Gasteiger partial charge in [-0.2, -0.15) is 0 Å². The maximum Gasteiger partial charge on any atom is 0.337 e. The minimum Gasteiger partial charge on any atom is -0.504 e. The first-order valence-electron chi connectivity index (χ1n) is 16.1. The molecule has 1 fully saturated rings. The number of carbonyl (C=O) groups excluding carboxylic acids is 3. The molecule has 1 aromatic heterocycles. The zero-order chi connectivity index (χ0) is 33.3. The monoisotopic (exact) mass is 640 g/mol. The lowest BCUT2D eigenvalue weighted by molar-refractivity contribution is -0.137. The molecule has 3 aliphatic rings. The normalized spacial score (nSPS) is 24.4. The Labute approximate surface area is 276 Å². The van der Waals surface area contributed by atoms with Crippen LogP contribution in [0, 0.1) is 11.8 Å². The Morgan fingerprint density at radius 3 is 2.62 bits per heavy atom. The van der Waals surface area contributed by atoms with E-state index in [0.717, 1.165) is 49.0 Å². The van der Waals surface area contributed by atoms with E-state index in [1.54, 1.807) is 11.7 Å². The van der Waals surface area contributed by atoms with Gasteiger partial charge in [-0.15, -0.1) is 0 Å². The minimum atomic E-state index is -0.412. The fourth-order valence-corrected chi connectivity index (χ4v) is 7.01. The Balaban J connectivity index is 1.47. The third-order valence-electron chi connectivity index (χ3n) is 9.14. The van der Waals surface area contributed by atoms with Crippen molar-refractivity contribution in [3.05, 3.63) is 102 Å². The summed E-state index contributed by atoms with van der Waals surface area (Å²) in [6.45, 7) is 3.48. The molecule has 10 heteroatoms. The number of nitrogens with zero attached hydrogens (tertiary/aromatic N) is 2. The number of benzene rings is 1. The van der Waals surface area contributed by atoms with Crippen LogP contribution in [0.15, 0.2) is 90.4 Å². The largest absolute Gasteiger partial charge is 0.504 e. The number of piperidine rings is 1. The van der Waals surface area contributed by atoms with Crippen molar-refractivity contribution in [3.63, 3.8) is 0 Å². The molecule has 1 aliphatic carbocycles. The van der Waals surface area contributed by atoms with Crippen LogP contribution in [-0.4, -0.2) is 68.3 Å². The molecule has 3 heterocycles. The standard InChI is InChI=1S/C37H44N4O6/c1-5-25-23-40-20-19-27-34-30(17-14-18-32(34)46-3)41(35(27)31(40)21-28(25)29(24-45-2)36(43)47-4)37(44)38-22-33(42)39-26-15-12-10-8-6-7-9-11-13-16-26/h6-10,12-18,24-25,28,31H,5,11,19-23H2,1-4H3,(H,38,44)(H,39,42)/b8-6-,9-7-,12-10-,16-13?,26-15+,29-24+/t25?,28-,31-/m0/s1. The van der Waals surface area contributed by atoms with Crippen molar-refractivity contribution >= 4 is 28.8 Å². The van der Waals surface area contributed by atoms with Crippen LogP contribution < -0.4 is 15.4 Å². The van der Waals surface area contributed by atoms with Gasteiger partial charge in [0.2, 0.25) is 5.91 Å². The van der Waals surface area contributed by atoms with Gasteiger partial charge in [-0.25, -0.2) is 9.59 Å². The number of rotatable bonds is 8. The summed E-state index contributed by atoms with van der Waals surface area (Å²) in [4.78, 5) is 42.5. The second-order valence-electron chi connectivity index (χ2n) is 11.8. The molecule has 2 aromatic rings. The molecule has 0 bridgehead atoms. The fraction of sp³-hybridized carbons (Fsp3) is 0.378. The topological polar surface area (TPSA) is 111 Å². The molecular weight excluding hydrogens is 596 g/mol. The summed E-state index contributed by atoms with van der Waals surface area (Å²) < 4.78 is 18.0. The van der Waals surface area contributed by atoms with Crippen molar-refractivity contribution in [2.24, 2.45) is 11.8 Å². The SMILES string of the molecule is CCC1CN2CCc3c(n(C(=O)NCC(=O)N/C4=C/C=C\C=C/C=C\CC=C4)c4cccc(OC)c34)[C@@H]2C[C@@H]1/C(=C\OC)C(=O)OC.